The molecule has 0 aromatic carbocycles. The van der Waals surface area contributed by atoms with Crippen LogP contribution in [-0.2, 0) is 6.42 Å². The normalized spacial score (nSPS) is 15.8. The first kappa shape index (κ1) is 23.6. The summed E-state index contributed by atoms with van der Waals surface area (Å²) in [6, 6.07) is 2.93. The van der Waals surface area contributed by atoms with Crippen LogP contribution in [-0.4, -0.2) is 63.3 Å². The van der Waals surface area contributed by atoms with Gasteiger partial charge in [0.05, 0.1) is 29.5 Å². The van der Waals surface area contributed by atoms with Crippen molar-refractivity contribution < 1.29 is 35.9 Å². The highest BCUT2D eigenvalue weighted by atomic mass is 19.4. The second-order valence-corrected chi connectivity index (χ2v) is 8.14. The fourth-order valence-electron chi connectivity index (χ4n) is 4.25. The highest BCUT2D eigenvalue weighted by Crippen LogP contribution is 2.36. The van der Waals surface area contributed by atoms with E-state index in [4.69, 9.17) is 4.42 Å². The number of alkyl halides is 5. The third kappa shape index (κ3) is 4.10. The number of aromatic nitrogens is 8. The maximum atomic E-state index is 13.5. The Morgan fingerprint density at radius 3 is 2.87 bits per heavy atom. The van der Waals surface area contributed by atoms with Gasteiger partial charge in [-0.3, -0.25) is 4.79 Å². The molecule has 0 saturated carbocycles. The summed E-state index contributed by atoms with van der Waals surface area (Å²) in [5.74, 6) is -1.82. The van der Waals surface area contributed by atoms with Gasteiger partial charge in [-0.1, -0.05) is 0 Å². The fourth-order valence-corrected chi connectivity index (χ4v) is 4.25. The smallest absolute Gasteiger partial charge is 0.412 e. The molecule has 0 aliphatic carbocycles. The molecule has 0 spiro atoms. The first-order valence-corrected chi connectivity index (χ1v) is 10.9. The molecular weight excluding hydrogens is 521 g/mol. The number of carbonyl (C=O) groups excluding carboxylic acids is 1. The van der Waals surface area contributed by atoms with Crippen molar-refractivity contribution in [3.05, 3.63) is 66.1 Å². The maximum absolute atomic E-state index is 13.5. The average Bonchev–Trinajstić information content (AvgIpc) is 3.66. The third-order valence-corrected chi connectivity index (χ3v) is 5.83. The van der Waals surface area contributed by atoms with Gasteiger partial charge < -0.3 is 19.0 Å². The van der Waals surface area contributed by atoms with Crippen LogP contribution in [0.1, 0.15) is 40.4 Å². The van der Waals surface area contributed by atoms with E-state index in [0.717, 1.165) is 18.5 Å². The molecule has 0 unspecified atom stereocenters. The van der Waals surface area contributed by atoms with Gasteiger partial charge in [-0.15, -0.1) is 23.4 Å². The van der Waals surface area contributed by atoms with Crippen molar-refractivity contribution in [3.8, 4) is 17.2 Å². The standard InChI is InChI=1S/C21H14F5N9O3/c22-20(23)35-8-10(7-29-35)17-30-31-18(37-17)19(36)33-5-3-11-15(28-9-27-11)16(33)12-6-13-14(38-21(24,25)26)2-1-4-34(13)32-12/h1-2,4,6-9,16,20H,3,5H2,(H,27,28)/t16-/m1/s1. The van der Waals surface area contributed by atoms with Crippen LogP contribution < -0.4 is 4.74 Å². The van der Waals surface area contributed by atoms with Crippen LogP contribution in [0, 0.1) is 0 Å². The van der Waals surface area contributed by atoms with Crippen LogP contribution in [0.3, 0.4) is 0 Å². The molecule has 0 fully saturated rings. The molecule has 38 heavy (non-hydrogen) atoms. The predicted octanol–water partition coefficient (Wildman–Crippen LogP) is 3.39. The Balaban J connectivity index is 1.37. The number of amides is 1. The van der Waals surface area contributed by atoms with Crippen LogP contribution in [0.4, 0.5) is 22.0 Å². The van der Waals surface area contributed by atoms with E-state index in [0.29, 0.717) is 22.5 Å². The highest BCUT2D eigenvalue weighted by Gasteiger charge is 2.39. The number of nitrogens with zero attached hydrogens (tertiary/aromatic N) is 8. The molecule has 196 valence electrons. The van der Waals surface area contributed by atoms with E-state index in [1.807, 2.05) is 0 Å². The number of pyridine rings is 1. The average molecular weight is 535 g/mol. The number of hydrogen-bond donors (Lipinski definition) is 1. The Labute approximate surface area is 207 Å². The van der Waals surface area contributed by atoms with E-state index in [-0.39, 0.29) is 29.2 Å². The largest absolute Gasteiger partial charge is 0.573 e. The lowest BCUT2D eigenvalue weighted by Gasteiger charge is -2.32. The maximum Gasteiger partial charge on any atom is 0.573 e. The molecule has 1 amide bonds. The van der Waals surface area contributed by atoms with Gasteiger partial charge in [-0.25, -0.2) is 14.2 Å². The quantitative estimate of drug-likeness (QED) is 0.339. The first-order chi connectivity index (χ1) is 18.2. The number of imidazole rings is 1. The Morgan fingerprint density at radius 2 is 2.11 bits per heavy atom. The van der Waals surface area contributed by atoms with Crippen LogP contribution >= 0.6 is 0 Å². The van der Waals surface area contributed by atoms with E-state index in [9.17, 15) is 26.7 Å². The number of H-pyrrole nitrogens is 1. The second-order valence-electron chi connectivity index (χ2n) is 8.14. The van der Waals surface area contributed by atoms with Crippen LogP contribution in [0.2, 0.25) is 0 Å². The highest BCUT2D eigenvalue weighted by molar-refractivity contribution is 5.90. The number of ether oxygens (including phenoxy) is 1. The number of carbonyl (C=O) groups is 1. The molecule has 1 aliphatic heterocycles. The fraction of sp³-hybridized carbons (Fsp3) is 0.238. The molecule has 6 heterocycles. The zero-order valence-electron chi connectivity index (χ0n) is 18.8. The molecule has 0 radical (unpaired) electrons. The minimum absolute atomic E-state index is 0.0194. The molecule has 0 bridgehead atoms. The summed E-state index contributed by atoms with van der Waals surface area (Å²) in [6.07, 6.45) is 0.414. The van der Waals surface area contributed by atoms with Crippen molar-refractivity contribution in [1.29, 1.82) is 0 Å². The Kier molecular flexibility index (Phi) is 5.35. The van der Waals surface area contributed by atoms with Crippen molar-refractivity contribution >= 4 is 11.4 Å². The molecule has 6 rings (SSSR count). The summed E-state index contributed by atoms with van der Waals surface area (Å²) < 4.78 is 75.6. The van der Waals surface area contributed by atoms with Crippen molar-refractivity contribution in [2.75, 3.05) is 6.54 Å². The van der Waals surface area contributed by atoms with E-state index in [1.54, 1.807) is 0 Å². The van der Waals surface area contributed by atoms with E-state index < -0.39 is 36.5 Å². The lowest BCUT2D eigenvalue weighted by atomic mass is 9.99. The van der Waals surface area contributed by atoms with Gasteiger partial charge in [-0.05, 0) is 18.2 Å². The van der Waals surface area contributed by atoms with Crippen LogP contribution in [0.5, 0.6) is 5.75 Å². The van der Waals surface area contributed by atoms with Crippen molar-refractivity contribution in [1.82, 2.24) is 44.5 Å². The molecule has 1 atom stereocenters. The van der Waals surface area contributed by atoms with Gasteiger partial charge in [-0.2, -0.15) is 19.0 Å². The van der Waals surface area contributed by atoms with E-state index in [2.05, 4.69) is 35.1 Å². The lowest BCUT2D eigenvalue weighted by Crippen LogP contribution is -2.41. The van der Waals surface area contributed by atoms with Gasteiger partial charge in [0, 0.05) is 31.1 Å². The number of nitrogens with one attached hydrogen (secondary N) is 1. The van der Waals surface area contributed by atoms with E-state index in [1.165, 1.54) is 34.1 Å². The Bertz CT molecular complexity index is 1640. The van der Waals surface area contributed by atoms with Crippen LogP contribution in [0.15, 0.2) is 47.5 Å². The number of aromatic amines is 1. The number of hydrogen-bond acceptors (Lipinski definition) is 8. The van der Waals surface area contributed by atoms with Gasteiger partial charge in [0.15, 0.2) is 5.75 Å². The first-order valence-electron chi connectivity index (χ1n) is 10.9. The molecular formula is C21H14F5N9O3. The monoisotopic (exact) mass is 535 g/mol. The zero-order valence-corrected chi connectivity index (χ0v) is 18.8. The van der Waals surface area contributed by atoms with Gasteiger partial charge >= 0.3 is 24.7 Å². The third-order valence-electron chi connectivity index (χ3n) is 5.83. The molecule has 5 aromatic rings. The summed E-state index contributed by atoms with van der Waals surface area (Å²) in [6.45, 7) is -2.73. The summed E-state index contributed by atoms with van der Waals surface area (Å²) in [7, 11) is 0. The predicted molar refractivity (Wildman–Crippen MR) is 114 cm³/mol. The molecule has 0 saturated heterocycles. The number of fused-ring (bicyclic) bond motifs is 2. The van der Waals surface area contributed by atoms with Crippen molar-refractivity contribution in [3.63, 3.8) is 0 Å². The van der Waals surface area contributed by atoms with Crippen molar-refractivity contribution in [2.24, 2.45) is 0 Å². The SMILES string of the molecule is O=C(c1nnc(-c2cnn(C(F)F)c2)o1)N1CCc2[nH]cnc2[C@H]1c1cc2c(OC(F)(F)F)cccn2n1. The van der Waals surface area contributed by atoms with Crippen molar-refractivity contribution in [2.45, 2.75) is 25.4 Å². The van der Waals surface area contributed by atoms with Gasteiger partial charge in [0.1, 0.15) is 11.6 Å². The number of halogens is 5. The zero-order chi connectivity index (χ0) is 26.6. The summed E-state index contributed by atoms with van der Waals surface area (Å²) in [5, 5.41) is 15.4. The topological polar surface area (TPSA) is 132 Å². The minimum atomic E-state index is -4.92. The molecule has 1 N–H and O–H groups in total. The summed E-state index contributed by atoms with van der Waals surface area (Å²) in [4.78, 5) is 22.1. The Hall–Kier alpha value is -4.83. The second kappa shape index (κ2) is 8.63. The number of rotatable bonds is 5. The van der Waals surface area contributed by atoms with Crippen LogP contribution in [0.25, 0.3) is 17.0 Å². The molecule has 1 aliphatic rings. The minimum Gasteiger partial charge on any atom is -0.412 e. The summed E-state index contributed by atoms with van der Waals surface area (Å²) in [5.41, 5.74) is 1.46. The van der Waals surface area contributed by atoms with E-state index >= 15 is 0 Å². The lowest BCUT2D eigenvalue weighted by molar-refractivity contribution is -0.274. The van der Waals surface area contributed by atoms with Gasteiger partial charge in [0.25, 0.3) is 5.89 Å². The molecule has 5 aromatic heterocycles. The summed E-state index contributed by atoms with van der Waals surface area (Å²) >= 11 is 0. The molecule has 12 nitrogen and oxygen atoms in total. The molecule has 17 heteroatoms. The Morgan fingerprint density at radius 1 is 1.26 bits per heavy atom. The van der Waals surface area contributed by atoms with Gasteiger partial charge in [0.2, 0.25) is 0 Å².